The molecule has 0 saturated carbocycles. The monoisotopic (exact) mass is 162 g/mol. The van der Waals surface area contributed by atoms with Crippen LogP contribution in [-0.2, 0) is 0 Å². The maximum absolute atomic E-state index is 9.14. The summed E-state index contributed by atoms with van der Waals surface area (Å²) in [5, 5.41) is 18.3. The highest BCUT2D eigenvalue weighted by atomic mass is 31.2. The summed E-state index contributed by atoms with van der Waals surface area (Å²) < 4.78 is 0. The highest BCUT2D eigenvalue weighted by Crippen LogP contribution is 2.58. The van der Waals surface area contributed by atoms with Gasteiger partial charge in [-0.05, 0) is 13.8 Å². The van der Waals surface area contributed by atoms with Crippen molar-refractivity contribution in [2.45, 2.75) is 25.5 Å². The zero-order chi connectivity index (χ0) is 7.65. The van der Waals surface area contributed by atoms with Gasteiger partial charge in [0.15, 0.2) is 11.7 Å². The molecule has 2 atom stereocenters. The number of rotatable bonds is 2. The molecule has 0 amide bonds. The van der Waals surface area contributed by atoms with Crippen molar-refractivity contribution >= 4 is 15.7 Å². The fourth-order valence-corrected chi connectivity index (χ4v) is 0.937. The minimum Gasteiger partial charge on any atom is -1.00 e. The highest BCUT2D eigenvalue weighted by Gasteiger charge is 2.36. The van der Waals surface area contributed by atoms with Crippen molar-refractivity contribution in [3.05, 3.63) is 0 Å². The Labute approximate surface area is 65.6 Å². The van der Waals surface area contributed by atoms with Crippen LogP contribution in [0.4, 0.5) is 0 Å². The Morgan fingerprint density at radius 1 is 1.00 bits per heavy atom. The van der Waals surface area contributed by atoms with Crippen LogP contribution in [0.25, 0.3) is 0 Å². The Balaban J connectivity index is 0. The van der Waals surface area contributed by atoms with Gasteiger partial charge in [0.25, 0.3) is 0 Å². The van der Waals surface area contributed by atoms with Crippen LogP contribution < -0.4 is 0 Å². The van der Waals surface area contributed by atoms with Gasteiger partial charge in [-0.25, -0.2) is 0 Å². The standard InChI is InChI=1S/C6H16O2P.B/c1-5(7)9(3,4)6(2)8;/h5-8H,1-4H3;/q+1;-1. The van der Waals surface area contributed by atoms with Crippen molar-refractivity contribution in [3.8, 4) is 0 Å². The summed E-state index contributed by atoms with van der Waals surface area (Å²) in [5.74, 6) is -0.699. The molecule has 0 aromatic carbocycles. The average Bonchev–Trinajstić information content (AvgIpc) is 1.65. The molecule has 60 valence electrons. The molecule has 0 spiro atoms. The lowest BCUT2D eigenvalue weighted by atomic mass is 10.8. The molecule has 2 unspecified atom stereocenters. The van der Waals surface area contributed by atoms with Crippen LogP contribution in [0.5, 0.6) is 0 Å². The smallest absolute Gasteiger partial charge is 0.163 e. The lowest BCUT2D eigenvalue weighted by Crippen LogP contribution is -2.17. The predicted octanol–water partition coefficient (Wildman–Crippen LogP) is 0.559. The van der Waals surface area contributed by atoms with Gasteiger partial charge >= 0.3 is 0 Å². The molecule has 0 bridgehead atoms. The summed E-state index contributed by atoms with van der Waals surface area (Å²) in [6, 6.07) is 0. The first-order chi connectivity index (χ1) is 3.89. The summed E-state index contributed by atoms with van der Waals surface area (Å²) in [5.41, 5.74) is 0. The first kappa shape index (κ1) is 13.0. The summed E-state index contributed by atoms with van der Waals surface area (Å²) in [4.78, 5) is 0. The summed E-state index contributed by atoms with van der Waals surface area (Å²) >= 11 is 0. The minimum atomic E-state index is -1.48. The quantitative estimate of drug-likeness (QED) is 0.460. The van der Waals surface area contributed by atoms with Crippen LogP contribution in [0.2, 0.25) is 0 Å². The van der Waals surface area contributed by atoms with Crippen molar-refractivity contribution in [1.29, 1.82) is 0 Å². The van der Waals surface area contributed by atoms with Crippen molar-refractivity contribution in [2.75, 3.05) is 13.3 Å². The fraction of sp³-hybridized carbons (Fsp3) is 1.00. The van der Waals surface area contributed by atoms with Gasteiger partial charge in [-0.3, -0.25) is 0 Å². The van der Waals surface area contributed by atoms with Crippen LogP contribution >= 0.6 is 7.26 Å². The topological polar surface area (TPSA) is 40.5 Å². The molecular weight excluding hydrogens is 146 g/mol. The molecule has 0 fully saturated rings. The second kappa shape index (κ2) is 4.33. The molecule has 10 heavy (non-hydrogen) atoms. The molecule has 4 radical (unpaired) electrons. The highest BCUT2D eigenvalue weighted by molar-refractivity contribution is 7.75. The Morgan fingerprint density at radius 2 is 1.20 bits per heavy atom. The molecule has 0 aliphatic carbocycles. The maximum atomic E-state index is 9.14. The fourth-order valence-electron chi connectivity index (χ4n) is 0.312. The second-order valence-corrected chi connectivity index (χ2v) is 7.65. The second-order valence-electron chi connectivity index (χ2n) is 2.89. The minimum absolute atomic E-state index is 0. The zero-order valence-corrected chi connectivity index (χ0v) is 7.97. The molecule has 0 aromatic heterocycles. The third-order valence-electron chi connectivity index (χ3n) is 1.93. The van der Waals surface area contributed by atoms with Gasteiger partial charge in [0, 0.05) is 0 Å². The number of hydrogen-bond donors (Lipinski definition) is 2. The van der Waals surface area contributed by atoms with E-state index in [0.717, 1.165) is 0 Å². The van der Waals surface area contributed by atoms with Crippen LogP contribution in [0.3, 0.4) is 0 Å². The summed E-state index contributed by atoms with van der Waals surface area (Å²) in [6.45, 7) is 7.37. The van der Waals surface area contributed by atoms with Gasteiger partial charge in [-0.15, -0.1) is 0 Å². The number of aliphatic hydroxyl groups excluding tert-OH is 2. The van der Waals surface area contributed by atoms with E-state index in [9.17, 15) is 0 Å². The van der Waals surface area contributed by atoms with E-state index in [-0.39, 0.29) is 20.1 Å². The number of hydrogen-bond acceptors (Lipinski definition) is 2. The van der Waals surface area contributed by atoms with Gasteiger partial charge in [0.05, 0.1) is 20.6 Å². The lowest BCUT2D eigenvalue weighted by Gasteiger charge is -2.23. The van der Waals surface area contributed by atoms with Gasteiger partial charge in [0.1, 0.15) is 0 Å². The molecule has 0 heterocycles. The van der Waals surface area contributed by atoms with Crippen molar-refractivity contribution in [1.82, 2.24) is 0 Å². The van der Waals surface area contributed by atoms with Gasteiger partial charge < -0.3 is 18.6 Å². The first-order valence-electron chi connectivity index (χ1n) is 3.08. The largest absolute Gasteiger partial charge is 1.00 e. The molecule has 2 nitrogen and oxygen atoms in total. The molecule has 0 rings (SSSR count). The van der Waals surface area contributed by atoms with Crippen molar-refractivity contribution < 1.29 is 10.2 Å². The van der Waals surface area contributed by atoms with Crippen LogP contribution in [-0.4, -0.2) is 43.6 Å². The van der Waals surface area contributed by atoms with Crippen molar-refractivity contribution in [3.63, 3.8) is 0 Å². The molecular formula is C6H16BO2P. The molecule has 0 aromatic rings. The molecule has 2 N–H and O–H groups in total. The number of aliphatic hydroxyl groups is 2. The van der Waals surface area contributed by atoms with Gasteiger partial charge in [-0.1, -0.05) is 0 Å². The van der Waals surface area contributed by atoms with E-state index in [1.807, 2.05) is 13.3 Å². The average molecular weight is 162 g/mol. The van der Waals surface area contributed by atoms with Crippen LogP contribution in [0, 0.1) is 0 Å². The van der Waals surface area contributed by atoms with E-state index in [2.05, 4.69) is 0 Å². The zero-order valence-electron chi connectivity index (χ0n) is 7.07. The maximum Gasteiger partial charge on any atom is 0.163 e. The lowest BCUT2D eigenvalue weighted by molar-refractivity contribution is 0.240. The third kappa shape index (κ3) is 3.00. The summed E-state index contributed by atoms with van der Waals surface area (Å²) in [7, 11) is -1.48. The SMILES string of the molecule is CC(O)[P+](C)(C)C(C)O.[B-]. The Morgan fingerprint density at radius 3 is 1.20 bits per heavy atom. The Hall–Kier alpha value is 0.415. The van der Waals surface area contributed by atoms with Crippen LogP contribution in [0.15, 0.2) is 0 Å². The van der Waals surface area contributed by atoms with E-state index in [4.69, 9.17) is 10.2 Å². The molecule has 0 saturated heterocycles. The van der Waals surface area contributed by atoms with E-state index in [1.54, 1.807) is 13.8 Å². The van der Waals surface area contributed by atoms with Crippen LogP contribution in [0.1, 0.15) is 13.8 Å². The first-order valence-corrected chi connectivity index (χ1v) is 5.90. The Bertz CT molecular complexity index is 83.7. The third-order valence-corrected chi connectivity index (χ3v) is 5.78. The molecule has 0 aliphatic rings. The van der Waals surface area contributed by atoms with E-state index in [1.165, 1.54) is 0 Å². The molecule has 0 aliphatic heterocycles. The van der Waals surface area contributed by atoms with Crippen molar-refractivity contribution in [2.24, 2.45) is 0 Å². The Kier molecular flexibility index (Phi) is 5.64. The summed E-state index contributed by atoms with van der Waals surface area (Å²) in [6.07, 6.45) is 0. The predicted molar refractivity (Wildman–Crippen MR) is 47.9 cm³/mol. The molecule has 4 heteroatoms. The van der Waals surface area contributed by atoms with E-state index < -0.39 is 7.26 Å². The van der Waals surface area contributed by atoms with Gasteiger partial charge in [-0.2, -0.15) is 0 Å². The van der Waals surface area contributed by atoms with Gasteiger partial charge in [0.2, 0.25) is 0 Å². The normalized spacial score (nSPS) is 17.4. The van der Waals surface area contributed by atoms with E-state index in [0.29, 0.717) is 0 Å². The van der Waals surface area contributed by atoms with E-state index >= 15 is 0 Å².